The van der Waals surface area contributed by atoms with Crippen LogP contribution in [0.3, 0.4) is 0 Å². The summed E-state index contributed by atoms with van der Waals surface area (Å²) in [4.78, 5) is 85.1. The van der Waals surface area contributed by atoms with Gasteiger partial charge in [-0.1, -0.05) is 0 Å². The van der Waals surface area contributed by atoms with Crippen LogP contribution in [0.4, 0.5) is 0 Å². The van der Waals surface area contributed by atoms with Gasteiger partial charge in [0.25, 0.3) is 11.9 Å². The molecular weight excluding hydrogens is 856 g/mol. The molecule has 0 bridgehead atoms. The number of fused-ring (bicyclic) bond motifs is 3. The lowest BCUT2D eigenvalue weighted by atomic mass is 9.98. The Morgan fingerprint density at radius 3 is 1.24 bits per heavy atom. The first-order chi connectivity index (χ1) is 29.5. The van der Waals surface area contributed by atoms with Crippen LogP contribution in [-0.4, -0.2) is 172 Å². The molecule has 354 valence electrons. The minimum atomic E-state index is -2.11. The first-order valence-corrected chi connectivity index (χ1v) is 20.0. The van der Waals surface area contributed by atoms with E-state index in [-0.39, 0.29) is 0 Å². The molecular formula is C38H52O25. The van der Waals surface area contributed by atoms with Crippen LogP contribution >= 0.6 is 0 Å². The highest BCUT2D eigenvalue weighted by Gasteiger charge is 2.64. The molecule has 0 radical (unpaired) electrons. The molecule has 6 fully saturated rings. The largest absolute Gasteiger partial charge is 0.463 e. The standard InChI is InChI=1S/C38H52O25/c1-14(39)46-11-22-25(49-16(3)41)28(52-19(6)44)32-35(57-22)62-37(9,60-32)48-13-24-27(51-18(5)43)30(31-34(56-24)55-21(8)54-31)59-38(10)61-33-29(53-20(7)45)26(50-17(4)42)23(12-47-15(2)40)58-36(33)63-38/h21-36H,11-13H2,1-10H3/t21-,22+,23+,24+,25+,26+,27+,28-,29-,30-,31-,32-,33-,34+,35-,36-,37+,38+/m0/s1. The monoisotopic (exact) mass is 908 g/mol. The second-order valence-corrected chi connectivity index (χ2v) is 15.4. The third-order valence-corrected chi connectivity index (χ3v) is 10.1. The number of carbonyl (C=O) groups is 7. The SMILES string of the molecule is CC(=O)OC[C@H]1O[C@H]2O[C@](C)(OC[C@H]3O[C@H]4O[C@@H](C)O[C@H]4[C@@H](O[C@@]4(C)O[C@@H]5O[C@H](COC(C)=O)[C@@H](OC(C)=O)[C@H](OC(C)=O)[C@@H]5O4)[C@@H]3OC(C)=O)O[C@H]2[C@@H](OC(C)=O)[C@@H]1OC(C)=O. The van der Waals surface area contributed by atoms with Crippen molar-refractivity contribution in [3.8, 4) is 0 Å². The first-order valence-electron chi connectivity index (χ1n) is 20.0. The molecule has 0 aromatic rings. The van der Waals surface area contributed by atoms with Gasteiger partial charge in [-0.3, -0.25) is 43.0 Å². The fourth-order valence-corrected chi connectivity index (χ4v) is 7.94. The van der Waals surface area contributed by atoms with Crippen LogP contribution in [-0.2, 0) is 119 Å². The second kappa shape index (κ2) is 19.5. The van der Waals surface area contributed by atoms with Crippen molar-refractivity contribution in [3.63, 3.8) is 0 Å². The van der Waals surface area contributed by atoms with Gasteiger partial charge in [0.1, 0.15) is 43.7 Å². The Hall–Kier alpha value is -4.15. The van der Waals surface area contributed by atoms with Crippen LogP contribution in [0.25, 0.3) is 0 Å². The molecule has 0 aromatic carbocycles. The molecule has 0 amide bonds. The molecule has 0 unspecified atom stereocenters. The van der Waals surface area contributed by atoms with E-state index >= 15 is 0 Å². The molecule has 25 nitrogen and oxygen atoms in total. The van der Waals surface area contributed by atoms with Crippen molar-refractivity contribution in [2.45, 2.75) is 180 Å². The highest BCUT2D eigenvalue weighted by molar-refractivity contribution is 5.69. The Balaban J connectivity index is 1.24. The van der Waals surface area contributed by atoms with Gasteiger partial charge in [-0.05, 0) is 6.92 Å². The highest BCUT2D eigenvalue weighted by atomic mass is 17.0. The van der Waals surface area contributed by atoms with Crippen molar-refractivity contribution in [3.05, 3.63) is 0 Å². The summed E-state index contributed by atoms with van der Waals surface area (Å²) in [6.07, 6.45) is -20.1. The normalized spacial score (nSPS) is 41.5. The molecule has 6 aliphatic heterocycles. The minimum Gasteiger partial charge on any atom is -0.463 e. The summed E-state index contributed by atoms with van der Waals surface area (Å²) in [5.74, 6) is -9.30. The molecule has 0 aromatic heterocycles. The summed E-state index contributed by atoms with van der Waals surface area (Å²) in [5.41, 5.74) is 0. The van der Waals surface area contributed by atoms with Gasteiger partial charge < -0.3 is 75.8 Å². The van der Waals surface area contributed by atoms with Crippen LogP contribution < -0.4 is 0 Å². The molecule has 0 spiro atoms. The highest BCUT2D eigenvalue weighted by Crippen LogP contribution is 2.45. The zero-order valence-corrected chi connectivity index (χ0v) is 36.1. The van der Waals surface area contributed by atoms with E-state index in [1.807, 2.05) is 0 Å². The molecule has 6 heterocycles. The number of hydrogen-bond acceptors (Lipinski definition) is 25. The average Bonchev–Trinajstić information content (AvgIpc) is 3.82. The van der Waals surface area contributed by atoms with E-state index in [1.54, 1.807) is 6.92 Å². The maximum Gasteiger partial charge on any atom is 0.303 e. The number of ether oxygens (including phenoxy) is 18. The van der Waals surface area contributed by atoms with Crippen molar-refractivity contribution in [2.75, 3.05) is 19.8 Å². The first kappa shape index (κ1) is 48.3. The number of rotatable bonds is 14. The van der Waals surface area contributed by atoms with Gasteiger partial charge in [0.2, 0.25) is 0 Å². The Bertz CT molecular complexity index is 1740. The smallest absolute Gasteiger partial charge is 0.303 e. The van der Waals surface area contributed by atoms with Crippen molar-refractivity contribution >= 4 is 41.8 Å². The summed E-state index contributed by atoms with van der Waals surface area (Å²) in [5, 5.41) is 0. The predicted molar refractivity (Wildman–Crippen MR) is 192 cm³/mol. The third kappa shape index (κ3) is 11.6. The minimum absolute atomic E-state index is 0.411. The zero-order valence-electron chi connectivity index (χ0n) is 36.1. The van der Waals surface area contributed by atoms with E-state index in [0.29, 0.717) is 0 Å². The van der Waals surface area contributed by atoms with E-state index in [1.165, 1.54) is 13.8 Å². The molecule has 18 atom stereocenters. The summed E-state index contributed by atoms with van der Waals surface area (Å²) < 4.78 is 105. The summed E-state index contributed by atoms with van der Waals surface area (Å²) in [6.45, 7) is 10.9. The van der Waals surface area contributed by atoms with Crippen molar-refractivity contribution in [2.24, 2.45) is 0 Å². The van der Waals surface area contributed by atoms with Crippen LogP contribution in [0.15, 0.2) is 0 Å². The van der Waals surface area contributed by atoms with Gasteiger partial charge in [-0.25, -0.2) is 0 Å². The van der Waals surface area contributed by atoms with E-state index in [9.17, 15) is 33.6 Å². The van der Waals surface area contributed by atoms with E-state index < -0.39 is 172 Å². The fraction of sp³-hybridized carbons (Fsp3) is 0.816. The van der Waals surface area contributed by atoms with Gasteiger partial charge in [0.15, 0.2) is 67.9 Å². The molecule has 6 saturated heterocycles. The number of hydrogen-bond donors (Lipinski definition) is 0. The topological polar surface area (TPSA) is 286 Å². The Kier molecular flexibility index (Phi) is 15.0. The van der Waals surface area contributed by atoms with Crippen molar-refractivity contribution < 1.29 is 119 Å². The molecule has 63 heavy (non-hydrogen) atoms. The van der Waals surface area contributed by atoms with Crippen LogP contribution in [0.1, 0.15) is 69.2 Å². The Morgan fingerprint density at radius 1 is 0.413 bits per heavy atom. The maximum atomic E-state index is 12.7. The van der Waals surface area contributed by atoms with Crippen LogP contribution in [0, 0.1) is 0 Å². The lowest BCUT2D eigenvalue weighted by Crippen LogP contribution is -2.62. The second-order valence-electron chi connectivity index (χ2n) is 15.4. The third-order valence-electron chi connectivity index (χ3n) is 10.1. The van der Waals surface area contributed by atoms with E-state index in [0.717, 1.165) is 48.5 Å². The molecule has 6 aliphatic rings. The van der Waals surface area contributed by atoms with E-state index in [4.69, 9.17) is 85.3 Å². The van der Waals surface area contributed by atoms with Crippen LogP contribution in [0.2, 0.25) is 0 Å². The molecule has 0 N–H and O–H groups in total. The Morgan fingerprint density at radius 2 is 0.794 bits per heavy atom. The molecule has 6 rings (SSSR count). The summed E-state index contributed by atoms with van der Waals surface area (Å²) in [7, 11) is 0. The maximum absolute atomic E-state index is 12.7. The summed E-state index contributed by atoms with van der Waals surface area (Å²) in [6, 6.07) is 0. The molecule has 0 aliphatic carbocycles. The lowest BCUT2D eigenvalue weighted by Gasteiger charge is -2.44. The van der Waals surface area contributed by atoms with E-state index in [2.05, 4.69) is 0 Å². The average molecular weight is 909 g/mol. The predicted octanol–water partition coefficient (Wildman–Crippen LogP) is -0.713. The van der Waals surface area contributed by atoms with Gasteiger partial charge in [0.05, 0.1) is 6.61 Å². The van der Waals surface area contributed by atoms with Crippen molar-refractivity contribution in [1.29, 1.82) is 0 Å². The van der Waals surface area contributed by atoms with Gasteiger partial charge >= 0.3 is 41.8 Å². The van der Waals surface area contributed by atoms with Crippen molar-refractivity contribution in [1.82, 2.24) is 0 Å². The molecule has 0 saturated carbocycles. The number of carbonyl (C=O) groups excluding carboxylic acids is 7. The number of esters is 7. The van der Waals surface area contributed by atoms with Gasteiger partial charge in [0, 0.05) is 62.3 Å². The lowest BCUT2D eigenvalue weighted by molar-refractivity contribution is -0.396. The zero-order chi connectivity index (χ0) is 46.1. The Labute approximate surface area is 359 Å². The van der Waals surface area contributed by atoms with Crippen LogP contribution in [0.5, 0.6) is 0 Å². The quantitative estimate of drug-likeness (QED) is 0.154. The van der Waals surface area contributed by atoms with Gasteiger partial charge in [-0.2, -0.15) is 0 Å². The molecule has 25 heteroatoms. The fourth-order valence-electron chi connectivity index (χ4n) is 7.94. The summed E-state index contributed by atoms with van der Waals surface area (Å²) >= 11 is 0. The van der Waals surface area contributed by atoms with Gasteiger partial charge in [-0.15, -0.1) is 0 Å².